The fraction of sp³-hybridized carbons (Fsp3) is 0.529. The number of fused-ring (bicyclic) bond motifs is 1. The Balaban J connectivity index is 2.12. The SMILES string of the molecule is CCCN(c1ncnc2c(OC)c(OC)ccc12)[C@H]1CCOC1. The Bertz CT molecular complexity index is 671. The summed E-state index contributed by atoms with van der Waals surface area (Å²) in [6.45, 7) is 4.67. The van der Waals surface area contributed by atoms with Gasteiger partial charge in [-0.1, -0.05) is 6.92 Å². The van der Waals surface area contributed by atoms with Gasteiger partial charge < -0.3 is 19.1 Å². The molecular formula is C17H23N3O3. The summed E-state index contributed by atoms with van der Waals surface area (Å²) in [5.41, 5.74) is 0.775. The molecule has 1 fully saturated rings. The number of benzene rings is 1. The van der Waals surface area contributed by atoms with Crippen LogP contribution in [0.3, 0.4) is 0 Å². The third kappa shape index (κ3) is 2.91. The lowest BCUT2D eigenvalue weighted by atomic mass is 10.1. The maximum absolute atomic E-state index is 5.57. The van der Waals surface area contributed by atoms with Crippen LogP contribution >= 0.6 is 0 Å². The molecule has 0 spiro atoms. The average Bonchev–Trinajstić information content (AvgIpc) is 3.12. The molecule has 0 saturated carbocycles. The maximum atomic E-state index is 5.57. The number of rotatable bonds is 6. The second-order valence-corrected chi connectivity index (χ2v) is 5.61. The van der Waals surface area contributed by atoms with Gasteiger partial charge >= 0.3 is 0 Å². The molecule has 1 aliphatic rings. The topological polar surface area (TPSA) is 56.7 Å². The van der Waals surface area contributed by atoms with Gasteiger partial charge in [0.2, 0.25) is 0 Å². The van der Waals surface area contributed by atoms with E-state index in [1.54, 1.807) is 20.5 Å². The molecule has 0 aliphatic carbocycles. The van der Waals surface area contributed by atoms with E-state index in [-0.39, 0.29) is 0 Å². The van der Waals surface area contributed by atoms with Crippen LogP contribution in [0.2, 0.25) is 0 Å². The third-order valence-corrected chi connectivity index (χ3v) is 4.21. The first-order valence-corrected chi connectivity index (χ1v) is 8.00. The number of hydrogen-bond donors (Lipinski definition) is 0. The third-order valence-electron chi connectivity index (χ3n) is 4.21. The van der Waals surface area contributed by atoms with E-state index in [2.05, 4.69) is 21.8 Å². The predicted octanol–water partition coefficient (Wildman–Crippen LogP) is 2.65. The zero-order valence-electron chi connectivity index (χ0n) is 13.9. The van der Waals surface area contributed by atoms with Crippen molar-refractivity contribution in [1.29, 1.82) is 0 Å². The minimum atomic E-state index is 0.362. The summed E-state index contributed by atoms with van der Waals surface area (Å²) in [5.74, 6) is 2.26. The molecule has 0 bridgehead atoms. The van der Waals surface area contributed by atoms with Crippen LogP contribution in [0.5, 0.6) is 11.5 Å². The van der Waals surface area contributed by atoms with E-state index in [4.69, 9.17) is 14.2 Å². The summed E-state index contributed by atoms with van der Waals surface area (Å²) in [5, 5.41) is 0.977. The monoisotopic (exact) mass is 317 g/mol. The Morgan fingerprint density at radius 2 is 2.13 bits per heavy atom. The van der Waals surface area contributed by atoms with E-state index in [1.165, 1.54) is 0 Å². The highest BCUT2D eigenvalue weighted by Gasteiger charge is 2.26. The van der Waals surface area contributed by atoms with Crippen LogP contribution in [0, 0.1) is 0 Å². The molecule has 6 heteroatoms. The first-order chi connectivity index (χ1) is 11.3. The van der Waals surface area contributed by atoms with Gasteiger partial charge in [0.1, 0.15) is 17.7 Å². The summed E-state index contributed by atoms with van der Waals surface area (Å²) in [6, 6.07) is 4.27. The molecule has 1 aliphatic heterocycles. The van der Waals surface area contributed by atoms with Crippen LogP contribution in [0.15, 0.2) is 18.5 Å². The predicted molar refractivity (Wildman–Crippen MR) is 89.5 cm³/mol. The molecule has 1 aromatic carbocycles. The molecule has 1 saturated heterocycles. The van der Waals surface area contributed by atoms with E-state index in [0.29, 0.717) is 17.5 Å². The van der Waals surface area contributed by atoms with Crippen molar-refractivity contribution in [3.8, 4) is 11.5 Å². The molecule has 0 N–H and O–H groups in total. The second-order valence-electron chi connectivity index (χ2n) is 5.61. The number of nitrogens with zero attached hydrogens (tertiary/aromatic N) is 3. The van der Waals surface area contributed by atoms with Crippen molar-refractivity contribution >= 4 is 16.7 Å². The Morgan fingerprint density at radius 3 is 2.78 bits per heavy atom. The van der Waals surface area contributed by atoms with E-state index in [1.807, 2.05) is 12.1 Å². The Hall–Kier alpha value is -2.08. The number of aromatic nitrogens is 2. The van der Waals surface area contributed by atoms with Crippen molar-refractivity contribution in [1.82, 2.24) is 9.97 Å². The van der Waals surface area contributed by atoms with Gasteiger partial charge in [0.15, 0.2) is 11.5 Å². The van der Waals surface area contributed by atoms with E-state index in [0.717, 1.165) is 49.3 Å². The molecule has 2 heterocycles. The molecule has 124 valence electrons. The van der Waals surface area contributed by atoms with Crippen molar-refractivity contribution < 1.29 is 14.2 Å². The first-order valence-electron chi connectivity index (χ1n) is 8.00. The largest absolute Gasteiger partial charge is 0.493 e. The molecule has 6 nitrogen and oxygen atoms in total. The van der Waals surface area contributed by atoms with Crippen LogP contribution < -0.4 is 14.4 Å². The summed E-state index contributed by atoms with van der Waals surface area (Å²) in [6.07, 6.45) is 3.67. The molecular weight excluding hydrogens is 294 g/mol. The van der Waals surface area contributed by atoms with Gasteiger partial charge in [0.05, 0.1) is 26.9 Å². The zero-order chi connectivity index (χ0) is 16.2. The molecule has 3 rings (SSSR count). The molecule has 0 amide bonds. The Kier molecular flexibility index (Phi) is 4.81. The molecule has 23 heavy (non-hydrogen) atoms. The zero-order valence-corrected chi connectivity index (χ0v) is 13.9. The normalized spacial score (nSPS) is 17.4. The van der Waals surface area contributed by atoms with Crippen molar-refractivity contribution in [2.24, 2.45) is 0 Å². The molecule has 2 aromatic rings. The van der Waals surface area contributed by atoms with Gasteiger partial charge in [0, 0.05) is 18.5 Å². The van der Waals surface area contributed by atoms with Gasteiger partial charge in [-0.05, 0) is 25.0 Å². The molecule has 0 unspecified atom stereocenters. The highest BCUT2D eigenvalue weighted by atomic mass is 16.5. The van der Waals surface area contributed by atoms with Crippen molar-refractivity contribution in [2.75, 3.05) is 38.9 Å². The van der Waals surface area contributed by atoms with Gasteiger partial charge in [-0.25, -0.2) is 9.97 Å². The number of anilines is 1. The van der Waals surface area contributed by atoms with Crippen LogP contribution in [-0.2, 0) is 4.74 Å². The maximum Gasteiger partial charge on any atom is 0.187 e. The summed E-state index contributed by atoms with van der Waals surface area (Å²) in [4.78, 5) is 11.3. The molecule has 1 atom stereocenters. The quantitative estimate of drug-likeness (QED) is 0.816. The second kappa shape index (κ2) is 7.00. The lowest BCUT2D eigenvalue weighted by molar-refractivity contribution is 0.193. The fourth-order valence-electron chi connectivity index (χ4n) is 3.13. The molecule has 1 aromatic heterocycles. The van der Waals surface area contributed by atoms with Gasteiger partial charge in [-0.3, -0.25) is 0 Å². The van der Waals surface area contributed by atoms with Crippen LogP contribution in [-0.4, -0.2) is 50.0 Å². The average molecular weight is 317 g/mol. The van der Waals surface area contributed by atoms with Gasteiger partial charge in [0.25, 0.3) is 0 Å². The number of ether oxygens (including phenoxy) is 3. The van der Waals surface area contributed by atoms with Gasteiger partial charge in [-0.2, -0.15) is 0 Å². The lowest BCUT2D eigenvalue weighted by Crippen LogP contribution is -2.37. The lowest BCUT2D eigenvalue weighted by Gasteiger charge is -2.29. The highest BCUT2D eigenvalue weighted by Crippen LogP contribution is 2.37. The summed E-state index contributed by atoms with van der Waals surface area (Å²) >= 11 is 0. The fourth-order valence-corrected chi connectivity index (χ4v) is 3.13. The van der Waals surface area contributed by atoms with Crippen LogP contribution in [0.1, 0.15) is 19.8 Å². The smallest absolute Gasteiger partial charge is 0.187 e. The van der Waals surface area contributed by atoms with Crippen molar-refractivity contribution in [2.45, 2.75) is 25.8 Å². The van der Waals surface area contributed by atoms with E-state index in [9.17, 15) is 0 Å². The number of methoxy groups -OCH3 is 2. The standard InChI is InChI=1S/C17H23N3O3/c1-4-8-20(12-7-9-23-10-12)17-13-5-6-14(21-2)16(22-3)15(13)18-11-19-17/h5-6,11-12H,4,7-10H2,1-3H3/t12-/m0/s1. The Morgan fingerprint density at radius 1 is 1.26 bits per heavy atom. The van der Waals surface area contributed by atoms with Crippen molar-refractivity contribution in [3.63, 3.8) is 0 Å². The van der Waals surface area contributed by atoms with Crippen LogP contribution in [0.4, 0.5) is 5.82 Å². The van der Waals surface area contributed by atoms with E-state index >= 15 is 0 Å². The van der Waals surface area contributed by atoms with Gasteiger partial charge in [-0.15, -0.1) is 0 Å². The Labute approximate surface area is 136 Å². The van der Waals surface area contributed by atoms with E-state index < -0.39 is 0 Å². The number of hydrogen-bond acceptors (Lipinski definition) is 6. The van der Waals surface area contributed by atoms with Crippen molar-refractivity contribution in [3.05, 3.63) is 18.5 Å². The first kappa shape index (κ1) is 15.8. The summed E-state index contributed by atoms with van der Waals surface area (Å²) in [7, 11) is 3.26. The minimum Gasteiger partial charge on any atom is -0.493 e. The highest BCUT2D eigenvalue weighted by molar-refractivity contribution is 5.95. The van der Waals surface area contributed by atoms with Crippen LogP contribution in [0.25, 0.3) is 10.9 Å². The minimum absolute atomic E-state index is 0.362. The molecule has 0 radical (unpaired) electrons. The summed E-state index contributed by atoms with van der Waals surface area (Å²) < 4.78 is 16.5.